The summed E-state index contributed by atoms with van der Waals surface area (Å²) in [5.41, 5.74) is -0.500. The standard InChI is InChI=1S/C11H18O3/c1-7-5-6-8(12)9(7)10(13)14-11(2,3)4/h7,9H,5-6H2,1-4H3/t7-,9+/m1/s1. The fourth-order valence-electron chi connectivity index (χ4n) is 1.74. The van der Waals surface area contributed by atoms with Gasteiger partial charge >= 0.3 is 5.97 Å². The third kappa shape index (κ3) is 2.56. The second-order valence-corrected chi connectivity index (χ2v) is 4.99. The summed E-state index contributed by atoms with van der Waals surface area (Å²) in [6.45, 7) is 7.37. The predicted molar refractivity (Wildman–Crippen MR) is 52.7 cm³/mol. The highest BCUT2D eigenvalue weighted by molar-refractivity contribution is 6.00. The van der Waals surface area contributed by atoms with Gasteiger partial charge in [0.25, 0.3) is 0 Å². The van der Waals surface area contributed by atoms with Crippen molar-refractivity contribution in [3.05, 3.63) is 0 Å². The Bertz CT molecular complexity index is 250. The third-order valence-electron chi connectivity index (χ3n) is 2.42. The summed E-state index contributed by atoms with van der Waals surface area (Å²) in [4.78, 5) is 23.0. The first-order valence-electron chi connectivity index (χ1n) is 5.07. The summed E-state index contributed by atoms with van der Waals surface area (Å²) < 4.78 is 5.20. The van der Waals surface area contributed by atoms with Crippen molar-refractivity contribution in [2.45, 2.75) is 46.1 Å². The zero-order valence-corrected chi connectivity index (χ0v) is 9.29. The van der Waals surface area contributed by atoms with Crippen molar-refractivity contribution in [1.29, 1.82) is 0 Å². The molecule has 1 rings (SSSR count). The first-order chi connectivity index (χ1) is 6.31. The van der Waals surface area contributed by atoms with Gasteiger partial charge in [0.05, 0.1) is 0 Å². The third-order valence-corrected chi connectivity index (χ3v) is 2.42. The molecule has 0 bridgehead atoms. The molecule has 2 atom stereocenters. The molecule has 0 spiro atoms. The van der Waals surface area contributed by atoms with Gasteiger partial charge in [-0.15, -0.1) is 0 Å². The SMILES string of the molecule is C[C@@H]1CCC(=O)[C@H]1C(=O)OC(C)(C)C. The maximum Gasteiger partial charge on any atom is 0.317 e. The minimum atomic E-state index is -0.519. The molecule has 0 saturated heterocycles. The number of carbonyl (C=O) groups excluding carboxylic acids is 2. The molecule has 1 fully saturated rings. The summed E-state index contributed by atoms with van der Waals surface area (Å²) in [6, 6.07) is 0. The van der Waals surface area contributed by atoms with Crippen LogP contribution in [0.15, 0.2) is 0 Å². The van der Waals surface area contributed by atoms with Gasteiger partial charge in [0.15, 0.2) is 0 Å². The van der Waals surface area contributed by atoms with Crippen molar-refractivity contribution in [2.75, 3.05) is 0 Å². The van der Waals surface area contributed by atoms with E-state index in [4.69, 9.17) is 4.74 Å². The van der Waals surface area contributed by atoms with E-state index < -0.39 is 11.5 Å². The van der Waals surface area contributed by atoms with E-state index in [0.29, 0.717) is 6.42 Å². The second-order valence-electron chi connectivity index (χ2n) is 4.99. The Hall–Kier alpha value is -0.860. The van der Waals surface area contributed by atoms with Gasteiger partial charge in [0.1, 0.15) is 17.3 Å². The zero-order chi connectivity index (χ0) is 10.9. The van der Waals surface area contributed by atoms with Gasteiger partial charge in [-0.1, -0.05) is 6.92 Å². The fourth-order valence-corrected chi connectivity index (χ4v) is 1.74. The van der Waals surface area contributed by atoms with Gasteiger partial charge in [0, 0.05) is 6.42 Å². The van der Waals surface area contributed by atoms with Crippen LogP contribution in [0.5, 0.6) is 0 Å². The van der Waals surface area contributed by atoms with Gasteiger partial charge in [-0.3, -0.25) is 9.59 Å². The molecule has 0 aliphatic heterocycles. The molecule has 0 aromatic heterocycles. The van der Waals surface area contributed by atoms with Crippen LogP contribution in [0, 0.1) is 11.8 Å². The minimum Gasteiger partial charge on any atom is -0.459 e. The monoisotopic (exact) mass is 198 g/mol. The predicted octanol–water partition coefficient (Wildman–Crippen LogP) is 1.94. The Morgan fingerprint density at radius 2 is 2.00 bits per heavy atom. The number of rotatable bonds is 1. The highest BCUT2D eigenvalue weighted by atomic mass is 16.6. The Morgan fingerprint density at radius 1 is 1.43 bits per heavy atom. The Labute approximate surface area is 84.8 Å². The van der Waals surface area contributed by atoms with Gasteiger partial charge < -0.3 is 4.74 Å². The lowest BCUT2D eigenvalue weighted by Crippen LogP contribution is -2.32. The van der Waals surface area contributed by atoms with E-state index in [9.17, 15) is 9.59 Å². The van der Waals surface area contributed by atoms with Gasteiger partial charge in [-0.25, -0.2) is 0 Å². The second kappa shape index (κ2) is 3.71. The van der Waals surface area contributed by atoms with E-state index >= 15 is 0 Å². The van der Waals surface area contributed by atoms with Crippen molar-refractivity contribution >= 4 is 11.8 Å². The summed E-state index contributed by atoms with van der Waals surface area (Å²) >= 11 is 0. The number of hydrogen-bond acceptors (Lipinski definition) is 3. The average molecular weight is 198 g/mol. The molecular weight excluding hydrogens is 180 g/mol. The van der Waals surface area contributed by atoms with Gasteiger partial charge in [0.2, 0.25) is 0 Å². The van der Waals surface area contributed by atoms with E-state index in [1.54, 1.807) is 0 Å². The zero-order valence-electron chi connectivity index (χ0n) is 9.29. The number of ether oxygens (including phenoxy) is 1. The molecule has 14 heavy (non-hydrogen) atoms. The van der Waals surface area contributed by atoms with E-state index in [2.05, 4.69) is 0 Å². The molecule has 0 heterocycles. The lowest BCUT2D eigenvalue weighted by Gasteiger charge is -2.22. The molecule has 1 saturated carbocycles. The molecule has 3 nitrogen and oxygen atoms in total. The summed E-state index contributed by atoms with van der Waals surface area (Å²) in [6.07, 6.45) is 1.33. The van der Waals surface area contributed by atoms with E-state index in [1.165, 1.54) is 0 Å². The molecule has 0 N–H and O–H groups in total. The van der Waals surface area contributed by atoms with Crippen LogP contribution in [-0.2, 0) is 14.3 Å². The van der Waals surface area contributed by atoms with Crippen molar-refractivity contribution in [3.63, 3.8) is 0 Å². The van der Waals surface area contributed by atoms with Crippen LogP contribution >= 0.6 is 0 Å². The average Bonchev–Trinajstić information content (AvgIpc) is 2.27. The highest BCUT2D eigenvalue weighted by Gasteiger charge is 2.39. The highest BCUT2D eigenvalue weighted by Crippen LogP contribution is 2.30. The molecular formula is C11H18O3. The summed E-state index contributed by atoms with van der Waals surface area (Å²) in [5, 5.41) is 0. The maximum atomic E-state index is 11.6. The molecule has 3 heteroatoms. The fraction of sp³-hybridized carbons (Fsp3) is 0.818. The van der Waals surface area contributed by atoms with Gasteiger partial charge in [-0.05, 0) is 33.1 Å². The molecule has 1 aliphatic rings. The molecule has 0 aromatic rings. The number of hydrogen-bond donors (Lipinski definition) is 0. The van der Waals surface area contributed by atoms with Crippen LogP contribution in [0.3, 0.4) is 0 Å². The van der Waals surface area contributed by atoms with Crippen molar-refractivity contribution in [1.82, 2.24) is 0 Å². The number of carbonyl (C=O) groups is 2. The molecule has 0 aromatic carbocycles. The molecule has 0 radical (unpaired) electrons. The van der Waals surface area contributed by atoms with Gasteiger partial charge in [-0.2, -0.15) is 0 Å². The lowest BCUT2D eigenvalue weighted by atomic mass is 9.97. The molecule has 0 amide bonds. The summed E-state index contributed by atoms with van der Waals surface area (Å²) in [5.74, 6) is -0.703. The van der Waals surface area contributed by atoms with Crippen LogP contribution < -0.4 is 0 Å². The Morgan fingerprint density at radius 3 is 2.36 bits per heavy atom. The normalized spacial score (nSPS) is 27.9. The summed E-state index contributed by atoms with van der Waals surface area (Å²) in [7, 11) is 0. The topological polar surface area (TPSA) is 43.4 Å². The van der Waals surface area contributed by atoms with Crippen LogP contribution in [0.4, 0.5) is 0 Å². The maximum absolute atomic E-state index is 11.6. The van der Waals surface area contributed by atoms with Crippen LogP contribution in [0.1, 0.15) is 40.5 Å². The quantitative estimate of drug-likeness (QED) is 0.477. The van der Waals surface area contributed by atoms with Crippen molar-refractivity contribution in [2.24, 2.45) is 11.8 Å². The van der Waals surface area contributed by atoms with Crippen LogP contribution in [0.2, 0.25) is 0 Å². The minimum absolute atomic E-state index is 0.0340. The van der Waals surface area contributed by atoms with Crippen molar-refractivity contribution < 1.29 is 14.3 Å². The molecule has 1 aliphatic carbocycles. The largest absolute Gasteiger partial charge is 0.459 e. The lowest BCUT2D eigenvalue weighted by molar-refractivity contribution is -0.162. The molecule has 80 valence electrons. The van der Waals surface area contributed by atoms with Crippen molar-refractivity contribution in [3.8, 4) is 0 Å². The Kier molecular flexibility index (Phi) is 2.98. The van der Waals surface area contributed by atoms with E-state index in [-0.39, 0.29) is 17.7 Å². The smallest absolute Gasteiger partial charge is 0.317 e. The number of esters is 1. The number of ketones is 1. The Balaban J connectivity index is 2.65. The first kappa shape index (κ1) is 11.2. The van der Waals surface area contributed by atoms with E-state index in [1.807, 2.05) is 27.7 Å². The molecule has 0 unspecified atom stereocenters. The van der Waals surface area contributed by atoms with E-state index in [0.717, 1.165) is 6.42 Å². The first-order valence-corrected chi connectivity index (χ1v) is 5.07. The van der Waals surface area contributed by atoms with Crippen LogP contribution in [-0.4, -0.2) is 17.4 Å². The number of Topliss-reactive ketones (excluding diaryl/α,β-unsaturated/α-hetero) is 1. The van der Waals surface area contributed by atoms with Crippen LogP contribution in [0.25, 0.3) is 0 Å².